The van der Waals surface area contributed by atoms with Gasteiger partial charge >= 0.3 is 0 Å². The third-order valence-electron chi connectivity index (χ3n) is 3.19. The lowest BCUT2D eigenvalue weighted by atomic mass is 10.2. The van der Waals surface area contributed by atoms with Gasteiger partial charge in [-0.05, 0) is 55.3 Å². The van der Waals surface area contributed by atoms with Crippen LogP contribution in [-0.4, -0.2) is 12.0 Å². The van der Waals surface area contributed by atoms with E-state index in [4.69, 9.17) is 16.3 Å². The molecule has 3 nitrogen and oxygen atoms in total. The van der Waals surface area contributed by atoms with Crippen LogP contribution in [0.3, 0.4) is 0 Å². The minimum Gasteiger partial charge on any atom is -0.481 e. The Labute approximate surface area is 134 Å². The maximum absolute atomic E-state index is 12.9. The molecular weight excluding hydrogens is 305 g/mol. The standard InChI is InChI=1S/C17H17ClFNO2/c1-3-16(22-14-8-5-12(19)6-9-14)17(21)20-13-7-4-11(2)15(18)10-13/h4-10,16H,3H2,1-2H3,(H,20,21)/t16-/m0/s1. The summed E-state index contributed by atoms with van der Waals surface area (Å²) in [6, 6.07) is 10.9. The second kappa shape index (κ2) is 7.27. The summed E-state index contributed by atoms with van der Waals surface area (Å²) in [4.78, 5) is 12.3. The molecule has 0 unspecified atom stereocenters. The molecule has 0 fully saturated rings. The summed E-state index contributed by atoms with van der Waals surface area (Å²) in [5.74, 6) is -0.170. The van der Waals surface area contributed by atoms with Crippen LogP contribution < -0.4 is 10.1 Å². The average molecular weight is 322 g/mol. The van der Waals surface area contributed by atoms with Crippen molar-refractivity contribution in [1.82, 2.24) is 0 Å². The Morgan fingerprint density at radius 1 is 1.27 bits per heavy atom. The number of ether oxygens (including phenoxy) is 1. The molecule has 2 rings (SSSR count). The number of anilines is 1. The summed E-state index contributed by atoms with van der Waals surface area (Å²) in [5.41, 5.74) is 1.55. The summed E-state index contributed by atoms with van der Waals surface area (Å²) in [6.45, 7) is 3.73. The van der Waals surface area contributed by atoms with Crippen LogP contribution in [0.25, 0.3) is 0 Å². The van der Waals surface area contributed by atoms with E-state index in [-0.39, 0.29) is 11.7 Å². The number of benzene rings is 2. The van der Waals surface area contributed by atoms with Crippen LogP contribution >= 0.6 is 11.6 Å². The van der Waals surface area contributed by atoms with Gasteiger partial charge < -0.3 is 10.1 Å². The van der Waals surface area contributed by atoms with Gasteiger partial charge in [-0.15, -0.1) is 0 Å². The Morgan fingerprint density at radius 3 is 2.55 bits per heavy atom. The zero-order valence-corrected chi connectivity index (χ0v) is 13.2. The molecule has 5 heteroatoms. The van der Waals surface area contributed by atoms with Crippen molar-refractivity contribution in [2.45, 2.75) is 26.4 Å². The van der Waals surface area contributed by atoms with Crippen LogP contribution in [0.15, 0.2) is 42.5 Å². The molecule has 0 radical (unpaired) electrons. The first-order chi connectivity index (χ1) is 10.5. The number of amides is 1. The van der Waals surface area contributed by atoms with Gasteiger partial charge in [0, 0.05) is 10.7 Å². The summed E-state index contributed by atoms with van der Waals surface area (Å²) in [7, 11) is 0. The normalized spacial score (nSPS) is 11.8. The lowest BCUT2D eigenvalue weighted by molar-refractivity contribution is -0.122. The van der Waals surface area contributed by atoms with Crippen LogP contribution in [0, 0.1) is 12.7 Å². The highest BCUT2D eigenvalue weighted by molar-refractivity contribution is 6.31. The highest BCUT2D eigenvalue weighted by Gasteiger charge is 2.18. The van der Waals surface area contributed by atoms with Crippen molar-refractivity contribution in [2.24, 2.45) is 0 Å². The molecule has 0 saturated heterocycles. The van der Waals surface area contributed by atoms with Gasteiger partial charge in [0.25, 0.3) is 5.91 Å². The number of carbonyl (C=O) groups is 1. The van der Waals surface area contributed by atoms with Gasteiger partial charge in [-0.1, -0.05) is 24.6 Å². The van der Waals surface area contributed by atoms with E-state index < -0.39 is 6.10 Å². The zero-order valence-electron chi connectivity index (χ0n) is 12.4. The minimum absolute atomic E-state index is 0.272. The zero-order chi connectivity index (χ0) is 16.1. The maximum atomic E-state index is 12.9. The summed E-state index contributed by atoms with van der Waals surface area (Å²) >= 11 is 6.04. The number of halogens is 2. The number of hydrogen-bond donors (Lipinski definition) is 1. The molecule has 0 aromatic heterocycles. The molecule has 0 aliphatic carbocycles. The molecule has 1 amide bonds. The second-order valence-corrected chi connectivity index (χ2v) is 5.33. The molecule has 2 aromatic carbocycles. The van der Waals surface area contributed by atoms with Gasteiger partial charge in [-0.2, -0.15) is 0 Å². The molecule has 0 bridgehead atoms. The Morgan fingerprint density at radius 2 is 1.95 bits per heavy atom. The van der Waals surface area contributed by atoms with E-state index in [0.29, 0.717) is 22.9 Å². The van der Waals surface area contributed by atoms with Gasteiger partial charge in [0.15, 0.2) is 6.10 Å². The summed E-state index contributed by atoms with van der Waals surface area (Å²) in [5, 5.41) is 3.36. The first kappa shape index (κ1) is 16.3. The van der Waals surface area contributed by atoms with Crippen LogP contribution in [0.2, 0.25) is 5.02 Å². The number of hydrogen-bond acceptors (Lipinski definition) is 2. The summed E-state index contributed by atoms with van der Waals surface area (Å²) in [6.07, 6.45) is -0.173. The monoisotopic (exact) mass is 321 g/mol. The van der Waals surface area contributed by atoms with Crippen molar-refractivity contribution < 1.29 is 13.9 Å². The Hall–Kier alpha value is -2.07. The van der Waals surface area contributed by atoms with Crippen molar-refractivity contribution in [3.05, 3.63) is 58.9 Å². The number of rotatable bonds is 5. The van der Waals surface area contributed by atoms with Gasteiger partial charge in [-0.25, -0.2) is 4.39 Å². The number of carbonyl (C=O) groups excluding carboxylic acids is 1. The van der Waals surface area contributed by atoms with Gasteiger partial charge in [-0.3, -0.25) is 4.79 Å². The molecule has 0 spiro atoms. The van der Waals surface area contributed by atoms with Crippen molar-refractivity contribution in [3.63, 3.8) is 0 Å². The molecule has 0 aliphatic rings. The lowest BCUT2D eigenvalue weighted by Gasteiger charge is -2.17. The SMILES string of the molecule is CC[C@H](Oc1ccc(F)cc1)C(=O)Nc1ccc(C)c(Cl)c1. The fraction of sp³-hybridized carbons (Fsp3) is 0.235. The van der Waals surface area contributed by atoms with Crippen LogP contribution in [-0.2, 0) is 4.79 Å². The average Bonchev–Trinajstić information content (AvgIpc) is 2.50. The van der Waals surface area contributed by atoms with E-state index in [0.717, 1.165) is 5.56 Å². The first-order valence-corrected chi connectivity index (χ1v) is 7.36. The molecule has 22 heavy (non-hydrogen) atoms. The van der Waals surface area contributed by atoms with Gasteiger partial charge in [0.1, 0.15) is 11.6 Å². The Balaban J connectivity index is 2.04. The van der Waals surface area contributed by atoms with Gasteiger partial charge in [0.2, 0.25) is 0 Å². The minimum atomic E-state index is -0.662. The largest absolute Gasteiger partial charge is 0.481 e. The van der Waals surface area contributed by atoms with E-state index in [9.17, 15) is 9.18 Å². The summed E-state index contributed by atoms with van der Waals surface area (Å²) < 4.78 is 18.5. The van der Waals surface area contributed by atoms with E-state index in [1.807, 2.05) is 19.9 Å². The quantitative estimate of drug-likeness (QED) is 0.875. The van der Waals surface area contributed by atoms with E-state index >= 15 is 0 Å². The van der Waals surface area contributed by atoms with Crippen LogP contribution in [0.1, 0.15) is 18.9 Å². The third kappa shape index (κ3) is 4.21. The molecule has 0 saturated carbocycles. The molecule has 2 aromatic rings. The topological polar surface area (TPSA) is 38.3 Å². The first-order valence-electron chi connectivity index (χ1n) is 6.99. The van der Waals surface area contributed by atoms with Crippen molar-refractivity contribution in [1.29, 1.82) is 0 Å². The van der Waals surface area contributed by atoms with Crippen molar-refractivity contribution in [3.8, 4) is 5.75 Å². The van der Waals surface area contributed by atoms with Crippen molar-refractivity contribution in [2.75, 3.05) is 5.32 Å². The Bertz CT molecular complexity index is 658. The molecule has 1 N–H and O–H groups in total. The number of nitrogens with one attached hydrogen (secondary N) is 1. The fourth-order valence-corrected chi connectivity index (χ4v) is 2.07. The van der Waals surface area contributed by atoms with E-state index in [1.54, 1.807) is 12.1 Å². The third-order valence-corrected chi connectivity index (χ3v) is 3.60. The van der Waals surface area contributed by atoms with Gasteiger partial charge in [0.05, 0.1) is 0 Å². The van der Waals surface area contributed by atoms with E-state index in [2.05, 4.69) is 5.32 Å². The molecule has 0 heterocycles. The molecule has 116 valence electrons. The Kier molecular flexibility index (Phi) is 5.39. The molecular formula is C17H17ClFNO2. The highest BCUT2D eigenvalue weighted by Crippen LogP contribution is 2.21. The maximum Gasteiger partial charge on any atom is 0.265 e. The highest BCUT2D eigenvalue weighted by atomic mass is 35.5. The fourth-order valence-electron chi connectivity index (χ4n) is 1.89. The predicted octanol–water partition coefficient (Wildman–Crippen LogP) is 4.58. The van der Waals surface area contributed by atoms with Crippen LogP contribution in [0.5, 0.6) is 5.75 Å². The number of aryl methyl sites for hydroxylation is 1. The van der Waals surface area contributed by atoms with Crippen LogP contribution in [0.4, 0.5) is 10.1 Å². The predicted molar refractivity (Wildman–Crippen MR) is 85.9 cm³/mol. The second-order valence-electron chi connectivity index (χ2n) is 4.92. The van der Waals surface area contributed by atoms with Crippen molar-refractivity contribution >= 4 is 23.2 Å². The lowest BCUT2D eigenvalue weighted by Crippen LogP contribution is -2.32. The molecule has 0 aliphatic heterocycles. The smallest absolute Gasteiger partial charge is 0.265 e. The molecule has 1 atom stereocenters. The van der Waals surface area contributed by atoms with E-state index in [1.165, 1.54) is 24.3 Å².